The fourth-order valence-corrected chi connectivity index (χ4v) is 2.28. The SMILES string of the molecule is Cc1cc(C(=O)N(C)C(C)c2ccc(-n3cncn3)cc2)on1. The van der Waals surface area contributed by atoms with Gasteiger partial charge >= 0.3 is 0 Å². The fourth-order valence-electron chi connectivity index (χ4n) is 2.28. The first-order valence-electron chi connectivity index (χ1n) is 7.21. The van der Waals surface area contributed by atoms with Gasteiger partial charge in [-0.3, -0.25) is 4.79 Å². The Labute approximate surface area is 133 Å². The van der Waals surface area contributed by atoms with Crippen molar-refractivity contribution in [2.45, 2.75) is 19.9 Å². The molecule has 0 aliphatic heterocycles. The third kappa shape index (κ3) is 2.98. The van der Waals surface area contributed by atoms with Crippen molar-refractivity contribution in [3.63, 3.8) is 0 Å². The van der Waals surface area contributed by atoms with Crippen molar-refractivity contribution in [1.82, 2.24) is 24.8 Å². The Morgan fingerprint density at radius 1 is 1.30 bits per heavy atom. The minimum Gasteiger partial charge on any atom is -0.351 e. The monoisotopic (exact) mass is 311 g/mol. The van der Waals surface area contributed by atoms with Gasteiger partial charge in [0.25, 0.3) is 5.91 Å². The van der Waals surface area contributed by atoms with Crippen LogP contribution in [0.15, 0.2) is 47.5 Å². The zero-order valence-corrected chi connectivity index (χ0v) is 13.2. The van der Waals surface area contributed by atoms with Crippen LogP contribution in [0.5, 0.6) is 0 Å². The lowest BCUT2D eigenvalue weighted by Crippen LogP contribution is -2.29. The number of rotatable bonds is 4. The fraction of sp³-hybridized carbons (Fsp3) is 0.250. The van der Waals surface area contributed by atoms with Gasteiger partial charge in [0, 0.05) is 13.1 Å². The number of carbonyl (C=O) groups is 1. The Kier molecular flexibility index (Phi) is 3.92. The number of hydrogen-bond acceptors (Lipinski definition) is 5. The summed E-state index contributed by atoms with van der Waals surface area (Å²) in [7, 11) is 1.75. The lowest BCUT2D eigenvalue weighted by Gasteiger charge is -2.24. The van der Waals surface area contributed by atoms with Crippen LogP contribution in [0.1, 0.15) is 34.8 Å². The van der Waals surface area contributed by atoms with Crippen molar-refractivity contribution >= 4 is 5.91 Å². The molecule has 0 N–H and O–H groups in total. The summed E-state index contributed by atoms with van der Waals surface area (Å²) in [4.78, 5) is 18.0. The molecule has 3 aromatic rings. The second kappa shape index (κ2) is 6.04. The molecule has 118 valence electrons. The second-order valence-corrected chi connectivity index (χ2v) is 5.36. The highest BCUT2D eigenvalue weighted by atomic mass is 16.5. The highest BCUT2D eigenvalue weighted by molar-refractivity contribution is 5.91. The number of carbonyl (C=O) groups excluding carboxylic acids is 1. The number of aryl methyl sites for hydroxylation is 1. The maximum Gasteiger partial charge on any atom is 0.292 e. The predicted molar refractivity (Wildman–Crippen MR) is 83.1 cm³/mol. The van der Waals surface area contributed by atoms with Crippen molar-refractivity contribution in [1.29, 1.82) is 0 Å². The predicted octanol–water partition coefficient (Wildman–Crippen LogP) is 2.40. The van der Waals surface area contributed by atoms with E-state index in [1.165, 1.54) is 6.33 Å². The van der Waals surface area contributed by atoms with Crippen molar-refractivity contribution < 1.29 is 9.32 Å². The van der Waals surface area contributed by atoms with Crippen LogP contribution in [0, 0.1) is 6.92 Å². The summed E-state index contributed by atoms with van der Waals surface area (Å²) in [5, 5.41) is 7.84. The van der Waals surface area contributed by atoms with Crippen molar-refractivity contribution in [2.75, 3.05) is 7.05 Å². The van der Waals surface area contributed by atoms with Gasteiger partial charge in [-0.05, 0) is 31.5 Å². The van der Waals surface area contributed by atoms with Crippen LogP contribution in [0.2, 0.25) is 0 Å². The van der Waals surface area contributed by atoms with Gasteiger partial charge < -0.3 is 9.42 Å². The highest BCUT2D eigenvalue weighted by Crippen LogP contribution is 2.22. The van der Waals surface area contributed by atoms with Gasteiger partial charge in [-0.1, -0.05) is 17.3 Å². The molecule has 1 unspecified atom stereocenters. The van der Waals surface area contributed by atoms with Crippen molar-refractivity contribution in [3.05, 3.63) is 60.0 Å². The van der Waals surface area contributed by atoms with Crippen molar-refractivity contribution in [3.8, 4) is 5.69 Å². The minimum absolute atomic E-state index is 0.0993. The van der Waals surface area contributed by atoms with E-state index in [1.807, 2.05) is 31.2 Å². The van der Waals surface area contributed by atoms with E-state index in [1.54, 1.807) is 35.9 Å². The van der Waals surface area contributed by atoms with Crippen molar-refractivity contribution in [2.24, 2.45) is 0 Å². The van der Waals surface area contributed by atoms with E-state index in [0.29, 0.717) is 5.69 Å². The molecule has 0 saturated heterocycles. The van der Waals surface area contributed by atoms with Crippen LogP contribution < -0.4 is 0 Å². The molecule has 0 aliphatic carbocycles. The molecule has 23 heavy (non-hydrogen) atoms. The summed E-state index contributed by atoms with van der Waals surface area (Å²) in [6, 6.07) is 9.36. The number of benzene rings is 1. The van der Waals surface area contributed by atoms with E-state index in [0.717, 1.165) is 11.3 Å². The molecule has 0 aliphatic rings. The van der Waals surface area contributed by atoms with E-state index >= 15 is 0 Å². The minimum atomic E-state index is -0.196. The van der Waals surface area contributed by atoms with Crippen LogP contribution in [0.4, 0.5) is 0 Å². The Morgan fingerprint density at radius 2 is 2.04 bits per heavy atom. The quantitative estimate of drug-likeness (QED) is 0.739. The Balaban J connectivity index is 1.77. The zero-order chi connectivity index (χ0) is 16.4. The molecule has 7 nitrogen and oxygen atoms in total. The molecule has 1 atom stereocenters. The van der Waals surface area contributed by atoms with Crippen LogP contribution in [-0.4, -0.2) is 37.8 Å². The summed E-state index contributed by atoms with van der Waals surface area (Å²) in [5.41, 5.74) is 2.62. The van der Waals surface area contributed by atoms with E-state index in [-0.39, 0.29) is 17.7 Å². The largest absolute Gasteiger partial charge is 0.351 e. The first-order chi connectivity index (χ1) is 11.1. The molecule has 0 fully saturated rings. The molecular formula is C16H17N5O2. The van der Waals surface area contributed by atoms with Crippen LogP contribution in [0.25, 0.3) is 5.69 Å². The average molecular weight is 311 g/mol. The number of amides is 1. The van der Waals surface area contributed by atoms with Gasteiger partial charge in [-0.15, -0.1) is 0 Å². The van der Waals surface area contributed by atoms with E-state index in [9.17, 15) is 4.79 Å². The van der Waals surface area contributed by atoms with Gasteiger partial charge in [0.2, 0.25) is 5.76 Å². The Hall–Kier alpha value is -2.96. The highest BCUT2D eigenvalue weighted by Gasteiger charge is 2.22. The third-order valence-electron chi connectivity index (χ3n) is 3.80. The van der Waals surface area contributed by atoms with Crippen LogP contribution in [-0.2, 0) is 0 Å². The molecule has 2 heterocycles. The number of hydrogen-bond donors (Lipinski definition) is 0. The van der Waals surface area contributed by atoms with Gasteiger partial charge in [0.15, 0.2) is 0 Å². The molecule has 1 amide bonds. The molecule has 0 radical (unpaired) electrons. The third-order valence-corrected chi connectivity index (χ3v) is 3.80. The molecule has 0 spiro atoms. The lowest BCUT2D eigenvalue weighted by molar-refractivity contribution is 0.0700. The standard InChI is InChI=1S/C16H17N5O2/c1-11-8-15(23-19-11)16(22)20(3)12(2)13-4-6-14(7-5-13)21-10-17-9-18-21/h4-10,12H,1-3H3. The number of nitrogens with zero attached hydrogens (tertiary/aromatic N) is 5. The molecule has 7 heteroatoms. The number of aromatic nitrogens is 4. The van der Waals surface area contributed by atoms with Crippen LogP contribution >= 0.6 is 0 Å². The Morgan fingerprint density at radius 3 is 2.61 bits per heavy atom. The summed E-state index contributed by atoms with van der Waals surface area (Å²) in [5.74, 6) is 0.0505. The van der Waals surface area contributed by atoms with E-state index in [2.05, 4.69) is 15.2 Å². The molecule has 0 bridgehead atoms. The van der Waals surface area contributed by atoms with Gasteiger partial charge in [-0.2, -0.15) is 5.10 Å². The van der Waals surface area contributed by atoms with Gasteiger partial charge in [0.05, 0.1) is 17.4 Å². The topological polar surface area (TPSA) is 77.0 Å². The van der Waals surface area contributed by atoms with Gasteiger partial charge in [-0.25, -0.2) is 9.67 Å². The van der Waals surface area contributed by atoms with E-state index in [4.69, 9.17) is 4.52 Å². The Bertz CT molecular complexity index is 792. The normalized spacial score (nSPS) is 12.1. The summed E-state index contributed by atoms with van der Waals surface area (Å²) < 4.78 is 6.72. The molecular weight excluding hydrogens is 294 g/mol. The summed E-state index contributed by atoms with van der Waals surface area (Å²) >= 11 is 0. The van der Waals surface area contributed by atoms with E-state index < -0.39 is 0 Å². The lowest BCUT2D eigenvalue weighted by atomic mass is 10.1. The molecule has 0 saturated carbocycles. The first-order valence-corrected chi connectivity index (χ1v) is 7.21. The second-order valence-electron chi connectivity index (χ2n) is 5.36. The molecule has 2 aromatic heterocycles. The first kappa shape index (κ1) is 15.0. The van der Waals surface area contributed by atoms with Crippen LogP contribution in [0.3, 0.4) is 0 Å². The summed E-state index contributed by atoms with van der Waals surface area (Å²) in [6.07, 6.45) is 3.13. The zero-order valence-electron chi connectivity index (χ0n) is 13.2. The molecule has 1 aromatic carbocycles. The average Bonchev–Trinajstić information content (AvgIpc) is 3.24. The molecule has 3 rings (SSSR count). The van der Waals surface area contributed by atoms with Gasteiger partial charge in [0.1, 0.15) is 12.7 Å². The smallest absolute Gasteiger partial charge is 0.292 e. The summed E-state index contributed by atoms with van der Waals surface area (Å²) in [6.45, 7) is 3.75. The maximum absolute atomic E-state index is 12.4. The maximum atomic E-state index is 12.4.